The zero-order valence-corrected chi connectivity index (χ0v) is 18.6. The lowest BCUT2D eigenvalue weighted by atomic mass is 9.73. The summed E-state index contributed by atoms with van der Waals surface area (Å²) in [6.45, 7) is 18.6. The summed E-state index contributed by atoms with van der Waals surface area (Å²) < 4.78 is 33.8. The molecule has 0 aromatic heterocycles. The van der Waals surface area contributed by atoms with E-state index in [4.69, 9.17) is 4.74 Å². The first-order valence-corrected chi connectivity index (χ1v) is 10.5. The quantitative estimate of drug-likeness (QED) is 0.458. The van der Waals surface area contributed by atoms with Gasteiger partial charge in [0.1, 0.15) is 0 Å². The fourth-order valence-electron chi connectivity index (χ4n) is 5.07. The zero-order valence-electron chi connectivity index (χ0n) is 18.6. The van der Waals surface area contributed by atoms with Gasteiger partial charge in [0, 0.05) is 13.2 Å². The number of hydrogen-bond donors (Lipinski definition) is 0. The summed E-state index contributed by atoms with van der Waals surface area (Å²) in [5, 5.41) is 0. The van der Waals surface area contributed by atoms with E-state index in [2.05, 4.69) is 32.4 Å². The molecule has 1 heterocycles. The molecule has 1 aliphatic rings. The van der Waals surface area contributed by atoms with E-state index in [0.29, 0.717) is 11.8 Å². The van der Waals surface area contributed by atoms with Crippen LogP contribution < -0.4 is 0 Å². The molecule has 2 nitrogen and oxygen atoms in total. The Morgan fingerprint density at radius 3 is 1.46 bits per heavy atom. The number of hydrogen-bond acceptors (Lipinski definition) is 2. The van der Waals surface area contributed by atoms with Crippen LogP contribution in [0.5, 0.6) is 0 Å². The van der Waals surface area contributed by atoms with E-state index in [9.17, 15) is 8.78 Å². The van der Waals surface area contributed by atoms with Crippen LogP contribution in [0.2, 0.25) is 0 Å². The highest BCUT2D eigenvalue weighted by molar-refractivity contribution is 4.77. The second-order valence-corrected chi connectivity index (χ2v) is 9.18. The van der Waals surface area contributed by atoms with Gasteiger partial charge in [-0.15, -0.1) is 0 Å². The molecule has 0 aromatic rings. The Labute approximate surface area is 161 Å². The van der Waals surface area contributed by atoms with Crippen LogP contribution in [0.4, 0.5) is 8.78 Å². The predicted octanol–water partition coefficient (Wildman–Crippen LogP) is 6.88. The van der Waals surface area contributed by atoms with Gasteiger partial charge in [0.05, 0.1) is 6.10 Å². The van der Waals surface area contributed by atoms with Gasteiger partial charge in [-0.3, -0.25) is 0 Å². The summed E-state index contributed by atoms with van der Waals surface area (Å²) in [7, 11) is 0. The van der Waals surface area contributed by atoms with Crippen LogP contribution in [0.1, 0.15) is 75.2 Å². The molecule has 0 amide bonds. The third-order valence-electron chi connectivity index (χ3n) is 5.75. The van der Waals surface area contributed by atoms with E-state index < -0.39 is 6.61 Å². The van der Waals surface area contributed by atoms with Gasteiger partial charge in [-0.1, -0.05) is 55.4 Å². The Kier molecular flexibility index (Phi) is 12.9. The molecule has 0 saturated carbocycles. The van der Waals surface area contributed by atoms with Gasteiger partial charge in [-0.25, -0.2) is 0 Å². The van der Waals surface area contributed by atoms with Crippen molar-refractivity contribution in [2.45, 2.75) is 87.9 Å². The average Bonchev–Trinajstić information content (AvgIpc) is 2.46. The lowest BCUT2D eigenvalue weighted by molar-refractivity contribution is -0.179. The lowest BCUT2D eigenvalue weighted by Crippen LogP contribution is -2.31. The molecular weight excluding hydrogens is 334 g/mol. The summed E-state index contributed by atoms with van der Waals surface area (Å²) in [6.07, 6.45) is 2.18. The predicted molar refractivity (Wildman–Crippen MR) is 106 cm³/mol. The van der Waals surface area contributed by atoms with Crippen molar-refractivity contribution in [2.24, 2.45) is 41.4 Å². The second-order valence-electron chi connectivity index (χ2n) is 9.18. The molecular formula is C22H44F2O2. The van der Waals surface area contributed by atoms with Gasteiger partial charge in [0.15, 0.2) is 0 Å². The standard InChI is InChI=1S/C12H24O.C10H20F2O/c1-9(2)12(10(3)4)11-5-7-13-8-6-11;1-6(2)9(7(3)4)8(5)13-10(11)12/h9-12H,5-8H2,1-4H3;6-10H,1-5H3. The maximum absolute atomic E-state index is 12.0. The molecule has 158 valence electrons. The Morgan fingerprint density at radius 1 is 0.731 bits per heavy atom. The fourth-order valence-corrected chi connectivity index (χ4v) is 5.07. The van der Waals surface area contributed by atoms with Crippen molar-refractivity contribution in [1.29, 1.82) is 0 Å². The van der Waals surface area contributed by atoms with E-state index in [1.807, 2.05) is 27.7 Å². The first-order chi connectivity index (χ1) is 12.0. The van der Waals surface area contributed by atoms with Crippen LogP contribution in [0.15, 0.2) is 0 Å². The van der Waals surface area contributed by atoms with Crippen LogP contribution in [0, 0.1) is 41.4 Å². The van der Waals surface area contributed by atoms with E-state index >= 15 is 0 Å². The van der Waals surface area contributed by atoms with Gasteiger partial charge >= 0.3 is 6.61 Å². The molecule has 0 spiro atoms. The van der Waals surface area contributed by atoms with E-state index in [-0.39, 0.29) is 12.0 Å². The maximum atomic E-state index is 12.0. The largest absolute Gasteiger partial charge is 0.381 e. The maximum Gasteiger partial charge on any atom is 0.345 e. The van der Waals surface area contributed by atoms with Crippen molar-refractivity contribution < 1.29 is 18.3 Å². The molecule has 0 N–H and O–H groups in total. The highest BCUT2D eigenvalue weighted by Gasteiger charge is 2.28. The Hall–Kier alpha value is -0.220. The number of alkyl halides is 2. The van der Waals surface area contributed by atoms with E-state index in [1.165, 1.54) is 12.8 Å². The fraction of sp³-hybridized carbons (Fsp3) is 1.00. The smallest absolute Gasteiger partial charge is 0.345 e. The Morgan fingerprint density at radius 2 is 1.15 bits per heavy atom. The monoisotopic (exact) mass is 378 g/mol. The molecule has 0 aliphatic carbocycles. The average molecular weight is 379 g/mol. The van der Waals surface area contributed by atoms with Crippen molar-refractivity contribution in [3.8, 4) is 0 Å². The summed E-state index contributed by atoms with van der Waals surface area (Å²) >= 11 is 0. The summed E-state index contributed by atoms with van der Waals surface area (Å²) in [4.78, 5) is 0. The molecule has 0 radical (unpaired) electrons. The number of rotatable bonds is 8. The molecule has 1 atom stereocenters. The minimum absolute atomic E-state index is 0.189. The molecule has 1 saturated heterocycles. The van der Waals surface area contributed by atoms with Crippen molar-refractivity contribution in [3.05, 3.63) is 0 Å². The topological polar surface area (TPSA) is 18.5 Å². The third kappa shape index (κ3) is 9.64. The zero-order chi connectivity index (χ0) is 20.4. The molecule has 26 heavy (non-hydrogen) atoms. The summed E-state index contributed by atoms with van der Waals surface area (Å²) in [6, 6.07) is 0. The molecule has 1 fully saturated rings. The van der Waals surface area contributed by atoms with Crippen LogP contribution in [0.3, 0.4) is 0 Å². The minimum atomic E-state index is -2.66. The van der Waals surface area contributed by atoms with Crippen LogP contribution in [-0.4, -0.2) is 25.9 Å². The van der Waals surface area contributed by atoms with E-state index in [0.717, 1.165) is 36.9 Å². The molecule has 0 bridgehead atoms. The van der Waals surface area contributed by atoms with Crippen LogP contribution in [0.25, 0.3) is 0 Å². The van der Waals surface area contributed by atoms with Gasteiger partial charge < -0.3 is 9.47 Å². The van der Waals surface area contributed by atoms with Gasteiger partial charge in [-0.05, 0) is 61.2 Å². The highest BCUT2D eigenvalue weighted by atomic mass is 19.3. The molecule has 1 unspecified atom stereocenters. The van der Waals surface area contributed by atoms with Gasteiger partial charge in [-0.2, -0.15) is 8.78 Å². The lowest BCUT2D eigenvalue weighted by Gasteiger charge is -2.35. The number of ether oxygens (including phenoxy) is 2. The third-order valence-corrected chi connectivity index (χ3v) is 5.75. The van der Waals surface area contributed by atoms with Crippen LogP contribution >= 0.6 is 0 Å². The molecule has 1 rings (SSSR count). The second kappa shape index (κ2) is 13.0. The van der Waals surface area contributed by atoms with Crippen molar-refractivity contribution in [3.63, 3.8) is 0 Å². The van der Waals surface area contributed by atoms with E-state index in [1.54, 1.807) is 6.92 Å². The highest BCUT2D eigenvalue weighted by Crippen LogP contribution is 2.34. The van der Waals surface area contributed by atoms with Crippen molar-refractivity contribution in [2.75, 3.05) is 13.2 Å². The summed E-state index contributed by atoms with van der Waals surface area (Å²) in [5.41, 5.74) is 0. The molecule has 4 heteroatoms. The van der Waals surface area contributed by atoms with Crippen molar-refractivity contribution >= 4 is 0 Å². The summed E-state index contributed by atoms with van der Waals surface area (Å²) in [5.74, 6) is 4.38. The van der Waals surface area contributed by atoms with Crippen molar-refractivity contribution in [1.82, 2.24) is 0 Å². The Bertz CT molecular complexity index is 321. The first kappa shape index (κ1) is 25.8. The van der Waals surface area contributed by atoms with Gasteiger partial charge in [0.25, 0.3) is 0 Å². The Balaban J connectivity index is 0.000000481. The van der Waals surface area contributed by atoms with Crippen LogP contribution in [-0.2, 0) is 9.47 Å². The SMILES string of the molecule is CC(C)C(C(C)C)C(C)OC(F)F.CC(C)C(C(C)C)C1CCOCC1. The minimum Gasteiger partial charge on any atom is -0.381 e. The molecule has 1 aliphatic heterocycles. The molecule has 0 aromatic carbocycles. The normalized spacial score (nSPS) is 17.8. The van der Waals surface area contributed by atoms with Gasteiger partial charge in [0.2, 0.25) is 0 Å². The first-order valence-electron chi connectivity index (χ1n) is 10.5. The number of halogens is 2.